The number of nitrogens with zero attached hydrogens (tertiary/aromatic N) is 1. The molecule has 1 saturated heterocycles. The third-order valence-corrected chi connectivity index (χ3v) is 3.81. The molecule has 1 N–H and O–H groups in total. The highest BCUT2D eigenvalue weighted by molar-refractivity contribution is 5.97. The number of aryl methyl sites for hydroxylation is 1. The van der Waals surface area contributed by atoms with Crippen LogP contribution in [0.25, 0.3) is 0 Å². The van der Waals surface area contributed by atoms with Crippen LogP contribution >= 0.6 is 0 Å². The number of carbonyl (C=O) groups excluding carboxylic acids is 1. The first kappa shape index (κ1) is 16.5. The molecule has 1 unspecified atom stereocenters. The Hall–Kier alpha value is -1.82. The van der Waals surface area contributed by atoms with Gasteiger partial charge in [-0.15, -0.1) is 0 Å². The summed E-state index contributed by atoms with van der Waals surface area (Å²) < 4.78 is 10.8. The molecule has 0 bridgehead atoms. The van der Waals surface area contributed by atoms with E-state index in [9.17, 15) is 9.59 Å². The third-order valence-electron chi connectivity index (χ3n) is 3.81. The van der Waals surface area contributed by atoms with Crippen molar-refractivity contribution in [3.8, 4) is 0 Å². The summed E-state index contributed by atoms with van der Waals surface area (Å²) in [6.07, 6.45) is 2.02. The molecule has 2 rings (SSSR count). The van der Waals surface area contributed by atoms with Crippen LogP contribution in [-0.4, -0.2) is 47.7 Å². The van der Waals surface area contributed by atoms with E-state index in [1.807, 2.05) is 0 Å². The maximum atomic E-state index is 12.9. The number of carboxylic acids is 1. The number of hydrogen-bond donors (Lipinski definition) is 1. The molecule has 0 saturated carbocycles. The average Bonchev–Trinajstić information content (AvgIpc) is 2.78. The monoisotopic (exact) mass is 309 g/mol. The predicted octanol–water partition coefficient (Wildman–Crippen LogP) is 2.10. The second-order valence-electron chi connectivity index (χ2n) is 6.14. The summed E-state index contributed by atoms with van der Waals surface area (Å²) in [6, 6.07) is 0.0215. The minimum absolute atomic E-state index is 0.0215. The lowest BCUT2D eigenvalue weighted by Gasteiger charge is -2.36. The summed E-state index contributed by atoms with van der Waals surface area (Å²) in [7, 11) is 0. The molecule has 1 atom stereocenters. The second-order valence-corrected chi connectivity index (χ2v) is 6.14. The first-order chi connectivity index (χ1) is 10.4. The minimum atomic E-state index is -1.01. The van der Waals surface area contributed by atoms with E-state index in [4.69, 9.17) is 14.3 Å². The highest BCUT2D eigenvalue weighted by Crippen LogP contribution is 2.24. The SMILES string of the molecule is Cc1coc(CC(=O)O)c1C(=O)N1CCOCC1CC(C)C. The molecule has 122 valence electrons. The molecule has 1 aromatic rings. The Bertz CT molecular complexity index is 549. The molecule has 0 aromatic carbocycles. The van der Waals surface area contributed by atoms with Crippen LogP contribution in [0.5, 0.6) is 0 Å². The normalized spacial score (nSPS) is 18.7. The van der Waals surface area contributed by atoms with Gasteiger partial charge in [-0.05, 0) is 19.3 Å². The Morgan fingerprint density at radius 3 is 2.82 bits per heavy atom. The number of morpholine rings is 1. The number of amides is 1. The molecule has 0 radical (unpaired) electrons. The summed E-state index contributed by atoms with van der Waals surface area (Å²) >= 11 is 0. The zero-order valence-corrected chi connectivity index (χ0v) is 13.3. The topological polar surface area (TPSA) is 80.0 Å². The van der Waals surface area contributed by atoms with Crippen LogP contribution in [0.1, 0.15) is 41.9 Å². The molecule has 1 amide bonds. The summed E-state index contributed by atoms with van der Waals surface area (Å²) in [5.74, 6) is -0.490. The van der Waals surface area contributed by atoms with Gasteiger partial charge in [-0.25, -0.2) is 0 Å². The van der Waals surface area contributed by atoms with E-state index in [0.29, 0.717) is 36.8 Å². The van der Waals surface area contributed by atoms with Gasteiger partial charge in [0.25, 0.3) is 5.91 Å². The lowest BCUT2D eigenvalue weighted by Crippen LogP contribution is -2.49. The quantitative estimate of drug-likeness (QED) is 0.901. The van der Waals surface area contributed by atoms with Gasteiger partial charge in [-0.3, -0.25) is 9.59 Å². The van der Waals surface area contributed by atoms with Gasteiger partial charge < -0.3 is 19.2 Å². The first-order valence-electron chi connectivity index (χ1n) is 7.57. The van der Waals surface area contributed by atoms with Gasteiger partial charge in [0.05, 0.1) is 31.1 Å². The average molecular weight is 309 g/mol. The van der Waals surface area contributed by atoms with E-state index in [1.54, 1.807) is 11.8 Å². The Morgan fingerprint density at radius 1 is 1.45 bits per heavy atom. The number of hydrogen-bond acceptors (Lipinski definition) is 4. The first-order valence-corrected chi connectivity index (χ1v) is 7.57. The Kier molecular flexibility index (Phi) is 5.24. The molecular formula is C16H23NO5. The van der Waals surface area contributed by atoms with E-state index < -0.39 is 5.97 Å². The lowest BCUT2D eigenvalue weighted by atomic mass is 10.00. The van der Waals surface area contributed by atoms with Crippen molar-refractivity contribution in [2.24, 2.45) is 5.92 Å². The predicted molar refractivity (Wildman–Crippen MR) is 79.9 cm³/mol. The molecule has 22 heavy (non-hydrogen) atoms. The van der Waals surface area contributed by atoms with Crippen LogP contribution in [-0.2, 0) is 16.0 Å². The third kappa shape index (κ3) is 3.68. The van der Waals surface area contributed by atoms with Crippen LogP contribution in [0.2, 0.25) is 0 Å². The molecule has 0 spiro atoms. The maximum absolute atomic E-state index is 12.9. The number of carboxylic acid groups (broad SMARTS) is 1. The van der Waals surface area contributed by atoms with Gasteiger partial charge in [0.2, 0.25) is 0 Å². The van der Waals surface area contributed by atoms with Crippen molar-refractivity contribution in [2.45, 2.75) is 39.7 Å². The van der Waals surface area contributed by atoms with Crippen molar-refractivity contribution >= 4 is 11.9 Å². The molecular weight excluding hydrogens is 286 g/mol. The molecule has 1 aliphatic heterocycles. The van der Waals surface area contributed by atoms with Crippen LogP contribution in [0.3, 0.4) is 0 Å². The molecule has 1 aromatic heterocycles. The van der Waals surface area contributed by atoms with Crippen molar-refractivity contribution in [1.82, 2.24) is 4.90 Å². The van der Waals surface area contributed by atoms with Gasteiger partial charge in [0.15, 0.2) is 0 Å². The van der Waals surface area contributed by atoms with E-state index >= 15 is 0 Å². The van der Waals surface area contributed by atoms with Gasteiger partial charge in [0, 0.05) is 12.1 Å². The fourth-order valence-corrected chi connectivity index (χ4v) is 2.86. The number of carbonyl (C=O) groups is 2. The summed E-state index contributed by atoms with van der Waals surface area (Å²) in [4.78, 5) is 25.6. The number of furan rings is 1. The van der Waals surface area contributed by atoms with Crippen molar-refractivity contribution in [3.05, 3.63) is 23.2 Å². The second kappa shape index (κ2) is 6.96. The fraction of sp³-hybridized carbons (Fsp3) is 0.625. The van der Waals surface area contributed by atoms with Gasteiger partial charge in [-0.2, -0.15) is 0 Å². The highest BCUT2D eigenvalue weighted by Gasteiger charge is 2.32. The summed E-state index contributed by atoms with van der Waals surface area (Å²) in [6.45, 7) is 7.53. The van der Waals surface area contributed by atoms with Crippen LogP contribution < -0.4 is 0 Å². The zero-order valence-electron chi connectivity index (χ0n) is 13.3. The lowest BCUT2D eigenvalue weighted by molar-refractivity contribution is -0.136. The molecule has 2 heterocycles. The van der Waals surface area contributed by atoms with E-state index in [2.05, 4.69) is 13.8 Å². The van der Waals surface area contributed by atoms with E-state index in [-0.39, 0.29) is 24.1 Å². The Morgan fingerprint density at radius 2 is 2.18 bits per heavy atom. The smallest absolute Gasteiger partial charge is 0.311 e. The molecule has 6 heteroatoms. The Labute approximate surface area is 130 Å². The van der Waals surface area contributed by atoms with E-state index in [1.165, 1.54) is 6.26 Å². The fourth-order valence-electron chi connectivity index (χ4n) is 2.86. The Balaban J connectivity index is 2.25. The number of aliphatic carboxylic acids is 1. The summed E-state index contributed by atoms with van der Waals surface area (Å²) in [5, 5.41) is 8.96. The van der Waals surface area contributed by atoms with Crippen molar-refractivity contribution in [3.63, 3.8) is 0 Å². The molecule has 1 fully saturated rings. The molecule has 0 aliphatic carbocycles. The zero-order chi connectivity index (χ0) is 16.3. The van der Waals surface area contributed by atoms with Gasteiger partial charge in [0.1, 0.15) is 12.2 Å². The standard InChI is InChI=1S/C16H23NO5/c1-10(2)6-12-9-21-5-4-17(12)16(20)15-11(3)8-22-13(15)7-14(18)19/h8,10,12H,4-7,9H2,1-3H3,(H,18,19). The maximum Gasteiger partial charge on any atom is 0.311 e. The van der Waals surface area contributed by atoms with Crippen molar-refractivity contribution < 1.29 is 23.8 Å². The summed E-state index contributed by atoms with van der Waals surface area (Å²) in [5.41, 5.74) is 1.06. The largest absolute Gasteiger partial charge is 0.481 e. The van der Waals surface area contributed by atoms with Crippen LogP contribution in [0.15, 0.2) is 10.7 Å². The number of ether oxygens (including phenoxy) is 1. The van der Waals surface area contributed by atoms with Gasteiger partial charge in [-0.1, -0.05) is 13.8 Å². The van der Waals surface area contributed by atoms with Gasteiger partial charge >= 0.3 is 5.97 Å². The highest BCUT2D eigenvalue weighted by atomic mass is 16.5. The number of rotatable bonds is 5. The minimum Gasteiger partial charge on any atom is -0.481 e. The van der Waals surface area contributed by atoms with Crippen molar-refractivity contribution in [1.29, 1.82) is 0 Å². The van der Waals surface area contributed by atoms with Crippen LogP contribution in [0.4, 0.5) is 0 Å². The molecule has 6 nitrogen and oxygen atoms in total. The van der Waals surface area contributed by atoms with Crippen LogP contribution in [0, 0.1) is 12.8 Å². The molecule has 1 aliphatic rings. The van der Waals surface area contributed by atoms with E-state index in [0.717, 1.165) is 6.42 Å². The van der Waals surface area contributed by atoms with Crippen molar-refractivity contribution in [2.75, 3.05) is 19.8 Å².